The third kappa shape index (κ3) is 4.82. The van der Waals surface area contributed by atoms with Crippen molar-refractivity contribution in [2.75, 3.05) is 6.61 Å². The number of fused-ring (bicyclic) bond motifs is 1. The Morgan fingerprint density at radius 3 is 2.63 bits per heavy atom. The monoisotopic (exact) mass is 411 g/mol. The van der Waals surface area contributed by atoms with Gasteiger partial charge in [0.25, 0.3) is 0 Å². The molecule has 1 aromatic heterocycles. The molecule has 3 unspecified atom stereocenters. The van der Waals surface area contributed by atoms with Gasteiger partial charge in [0.2, 0.25) is 0 Å². The summed E-state index contributed by atoms with van der Waals surface area (Å²) in [6.45, 7) is 10.1. The third-order valence-corrected chi connectivity index (χ3v) is 6.34. The molecular weight excluding hydrogens is 378 g/mol. The summed E-state index contributed by atoms with van der Waals surface area (Å²) < 4.78 is 11.2. The average molecular weight is 412 g/mol. The molecule has 3 atom stereocenters. The van der Waals surface area contributed by atoms with Gasteiger partial charge in [-0.15, -0.1) is 0 Å². The molecular formula is C25H33NO4. The zero-order valence-corrected chi connectivity index (χ0v) is 18.7. The van der Waals surface area contributed by atoms with E-state index in [2.05, 4.69) is 25.8 Å². The first-order valence-corrected chi connectivity index (χ1v) is 11.1. The van der Waals surface area contributed by atoms with Crippen molar-refractivity contribution < 1.29 is 19.1 Å². The first-order chi connectivity index (χ1) is 14.3. The third-order valence-electron chi connectivity index (χ3n) is 6.34. The Morgan fingerprint density at radius 1 is 1.20 bits per heavy atom. The molecule has 1 saturated carbocycles. The predicted molar refractivity (Wildman–Crippen MR) is 117 cm³/mol. The number of pyridine rings is 1. The second kappa shape index (κ2) is 9.59. The first kappa shape index (κ1) is 22.3. The van der Waals surface area contributed by atoms with Crippen molar-refractivity contribution in [2.24, 2.45) is 17.8 Å². The van der Waals surface area contributed by atoms with E-state index in [4.69, 9.17) is 9.47 Å². The van der Waals surface area contributed by atoms with Crippen molar-refractivity contribution in [3.05, 3.63) is 41.1 Å². The number of para-hydroxylation sites is 1. The molecule has 2 aromatic rings. The van der Waals surface area contributed by atoms with Crippen molar-refractivity contribution in [1.82, 2.24) is 4.98 Å². The van der Waals surface area contributed by atoms with Gasteiger partial charge in [0.1, 0.15) is 6.10 Å². The van der Waals surface area contributed by atoms with Crippen molar-refractivity contribution in [3.8, 4) is 0 Å². The molecule has 0 N–H and O–H groups in total. The van der Waals surface area contributed by atoms with Crippen LogP contribution in [0.15, 0.2) is 24.3 Å². The predicted octanol–water partition coefficient (Wildman–Crippen LogP) is 5.27. The van der Waals surface area contributed by atoms with E-state index in [1.54, 1.807) is 0 Å². The molecule has 3 rings (SSSR count). The topological polar surface area (TPSA) is 65.5 Å². The Morgan fingerprint density at radius 2 is 1.93 bits per heavy atom. The smallest absolute Gasteiger partial charge is 0.344 e. The molecule has 162 valence electrons. The van der Waals surface area contributed by atoms with Gasteiger partial charge in [-0.25, -0.2) is 9.59 Å². The van der Waals surface area contributed by atoms with Crippen LogP contribution in [0.5, 0.6) is 0 Å². The molecule has 30 heavy (non-hydrogen) atoms. The molecule has 0 radical (unpaired) electrons. The number of rotatable bonds is 6. The SMILES string of the molecule is CCc1nc2ccccc2c(C(=O)OCC(=O)OC2CC(C)CCC2C(C)C)c1C. The summed E-state index contributed by atoms with van der Waals surface area (Å²) in [6, 6.07) is 7.51. The van der Waals surface area contributed by atoms with Gasteiger partial charge in [-0.05, 0) is 55.6 Å². The maximum Gasteiger partial charge on any atom is 0.344 e. The van der Waals surface area contributed by atoms with Crippen LogP contribution < -0.4 is 0 Å². The maximum atomic E-state index is 12.9. The lowest BCUT2D eigenvalue weighted by Crippen LogP contribution is -2.36. The molecule has 5 nitrogen and oxygen atoms in total. The van der Waals surface area contributed by atoms with Gasteiger partial charge in [0, 0.05) is 11.1 Å². The molecule has 0 saturated heterocycles. The number of carbonyl (C=O) groups excluding carboxylic acids is 2. The summed E-state index contributed by atoms with van der Waals surface area (Å²) in [5, 5.41) is 0.742. The van der Waals surface area contributed by atoms with E-state index in [-0.39, 0.29) is 12.7 Å². The largest absolute Gasteiger partial charge is 0.460 e. The zero-order chi connectivity index (χ0) is 21.8. The average Bonchev–Trinajstić information content (AvgIpc) is 2.71. The number of hydrogen-bond donors (Lipinski definition) is 0. The highest BCUT2D eigenvalue weighted by atomic mass is 16.6. The van der Waals surface area contributed by atoms with Gasteiger partial charge in [-0.1, -0.05) is 52.3 Å². The normalized spacial score (nSPS) is 21.6. The molecule has 0 amide bonds. The number of aromatic nitrogens is 1. The molecule has 0 aliphatic heterocycles. The second-order valence-electron chi connectivity index (χ2n) is 8.86. The Bertz CT molecular complexity index is 921. The minimum Gasteiger partial charge on any atom is -0.460 e. The quantitative estimate of drug-likeness (QED) is 0.606. The van der Waals surface area contributed by atoms with Crippen LogP contribution in [0.3, 0.4) is 0 Å². The standard InChI is InChI=1S/C25H33NO4/c1-6-20-17(5)24(19-9-7-8-10-21(19)26-20)25(28)29-14-23(27)30-22-13-16(4)11-12-18(22)15(2)3/h7-10,15-16,18,22H,6,11-14H2,1-5H3. The number of benzene rings is 1. The van der Waals surface area contributed by atoms with Crippen molar-refractivity contribution in [3.63, 3.8) is 0 Å². The number of hydrogen-bond acceptors (Lipinski definition) is 5. The highest BCUT2D eigenvalue weighted by molar-refractivity contribution is 6.05. The minimum absolute atomic E-state index is 0.102. The van der Waals surface area contributed by atoms with Gasteiger partial charge < -0.3 is 9.47 Å². The second-order valence-corrected chi connectivity index (χ2v) is 8.86. The molecule has 0 spiro atoms. The van der Waals surface area contributed by atoms with Crippen LogP contribution in [0.25, 0.3) is 10.9 Å². The van der Waals surface area contributed by atoms with E-state index in [0.717, 1.165) is 41.4 Å². The van der Waals surface area contributed by atoms with Crippen molar-refractivity contribution >= 4 is 22.8 Å². The molecule has 1 aliphatic rings. The summed E-state index contributed by atoms with van der Waals surface area (Å²) in [7, 11) is 0. The fourth-order valence-electron chi connectivity index (χ4n) is 4.62. The number of esters is 2. The number of carbonyl (C=O) groups is 2. The Kier molecular flexibility index (Phi) is 7.11. The van der Waals surface area contributed by atoms with Crippen molar-refractivity contribution in [2.45, 2.75) is 66.4 Å². The van der Waals surface area contributed by atoms with Crippen LogP contribution >= 0.6 is 0 Å². The van der Waals surface area contributed by atoms with Crippen LogP contribution in [0.1, 0.15) is 68.6 Å². The summed E-state index contributed by atoms with van der Waals surface area (Å²) in [5.74, 6) is 0.379. The van der Waals surface area contributed by atoms with E-state index in [1.807, 2.05) is 38.1 Å². The summed E-state index contributed by atoms with van der Waals surface area (Å²) in [4.78, 5) is 30.0. The minimum atomic E-state index is -0.504. The molecule has 0 bridgehead atoms. The van der Waals surface area contributed by atoms with Crippen LogP contribution in [0.2, 0.25) is 0 Å². The summed E-state index contributed by atoms with van der Waals surface area (Å²) >= 11 is 0. The van der Waals surface area contributed by atoms with Crippen LogP contribution in [-0.2, 0) is 20.7 Å². The van der Waals surface area contributed by atoms with Crippen LogP contribution in [0.4, 0.5) is 0 Å². The maximum absolute atomic E-state index is 12.9. The first-order valence-electron chi connectivity index (χ1n) is 11.1. The number of aryl methyl sites for hydroxylation is 1. The van der Waals surface area contributed by atoms with Crippen molar-refractivity contribution in [1.29, 1.82) is 0 Å². The fourth-order valence-corrected chi connectivity index (χ4v) is 4.62. The highest BCUT2D eigenvalue weighted by Gasteiger charge is 2.33. The van der Waals surface area contributed by atoms with E-state index in [0.29, 0.717) is 23.3 Å². The highest BCUT2D eigenvalue weighted by Crippen LogP contribution is 2.35. The van der Waals surface area contributed by atoms with E-state index < -0.39 is 11.9 Å². The molecule has 1 fully saturated rings. The molecule has 1 aliphatic carbocycles. The number of nitrogens with zero attached hydrogens (tertiary/aromatic N) is 1. The van der Waals surface area contributed by atoms with Crippen LogP contribution in [0, 0.1) is 24.7 Å². The van der Waals surface area contributed by atoms with Gasteiger partial charge >= 0.3 is 11.9 Å². The van der Waals surface area contributed by atoms with E-state index >= 15 is 0 Å². The Hall–Kier alpha value is -2.43. The van der Waals surface area contributed by atoms with Gasteiger partial charge in [-0.3, -0.25) is 4.98 Å². The molecule has 1 heterocycles. The summed E-state index contributed by atoms with van der Waals surface area (Å²) in [5.41, 5.74) is 2.90. The summed E-state index contributed by atoms with van der Waals surface area (Å²) in [6.07, 6.45) is 3.72. The van der Waals surface area contributed by atoms with E-state index in [1.165, 1.54) is 6.42 Å². The van der Waals surface area contributed by atoms with E-state index in [9.17, 15) is 9.59 Å². The lowest BCUT2D eigenvalue weighted by atomic mass is 9.75. The molecule has 1 aromatic carbocycles. The molecule has 5 heteroatoms. The fraction of sp³-hybridized carbons (Fsp3) is 0.560. The lowest BCUT2D eigenvalue weighted by molar-refractivity contribution is -0.159. The van der Waals surface area contributed by atoms with Crippen LogP contribution in [-0.4, -0.2) is 29.6 Å². The van der Waals surface area contributed by atoms with Gasteiger partial charge in [0.15, 0.2) is 6.61 Å². The Labute approximate surface area is 179 Å². The number of ether oxygens (including phenoxy) is 2. The van der Waals surface area contributed by atoms with Gasteiger partial charge in [-0.2, -0.15) is 0 Å². The Balaban J connectivity index is 1.71. The lowest BCUT2D eigenvalue weighted by Gasteiger charge is -2.36. The zero-order valence-electron chi connectivity index (χ0n) is 18.7. The van der Waals surface area contributed by atoms with Gasteiger partial charge in [0.05, 0.1) is 11.1 Å².